The van der Waals surface area contributed by atoms with Crippen LogP contribution in [-0.4, -0.2) is 31.5 Å². The van der Waals surface area contributed by atoms with E-state index in [9.17, 15) is 9.59 Å². The number of hydrogen-bond acceptors (Lipinski definition) is 7. The summed E-state index contributed by atoms with van der Waals surface area (Å²) < 4.78 is 21.3. The molecule has 3 aromatic rings. The van der Waals surface area contributed by atoms with Crippen LogP contribution in [0.1, 0.15) is 15.9 Å². The summed E-state index contributed by atoms with van der Waals surface area (Å²) in [6, 6.07) is 18.2. The molecule has 0 atom stereocenters. The highest BCUT2D eigenvalue weighted by atomic mass is 35.5. The Morgan fingerprint density at radius 1 is 1.00 bits per heavy atom. The van der Waals surface area contributed by atoms with Crippen LogP contribution in [0.4, 0.5) is 0 Å². The largest absolute Gasteiger partial charge is 0.484 e. The molecule has 8 nitrogen and oxygen atoms in total. The lowest BCUT2D eigenvalue weighted by Gasteiger charge is -2.06. The van der Waals surface area contributed by atoms with E-state index in [4.69, 9.17) is 30.5 Å². The molecule has 0 aromatic heterocycles. The molecule has 0 saturated carbocycles. The third kappa shape index (κ3) is 5.55. The summed E-state index contributed by atoms with van der Waals surface area (Å²) in [7, 11) is 0. The molecular weight excluding hydrogens is 436 g/mol. The lowest BCUT2D eigenvalue weighted by atomic mass is 10.2. The quantitative estimate of drug-likeness (QED) is 0.253. The van der Waals surface area contributed by atoms with Crippen LogP contribution in [0.5, 0.6) is 23.0 Å². The first kappa shape index (κ1) is 21.2. The Hall–Kier alpha value is -4.04. The average Bonchev–Trinajstić information content (AvgIpc) is 3.27. The molecule has 0 fully saturated rings. The molecule has 32 heavy (non-hydrogen) atoms. The highest BCUT2D eigenvalue weighted by molar-refractivity contribution is 6.30. The van der Waals surface area contributed by atoms with Crippen molar-refractivity contribution in [3.05, 3.63) is 82.9 Å². The topological polar surface area (TPSA) is 95.5 Å². The molecule has 162 valence electrons. The Balaban J connectivity index is 1.29. The van der Waals surface area contributed by atoms with Gasteiger partial charge in [0.05, 0.1) is 11.8 Å². The van der Waals surface area contributed by atoms with E-state index in [-0.39, 0.29) is 13.4 Å². The lowest BCUT2D eigenvalue weighted by Crippen LogP contribution is -2.24. The van der Waals surface area contributed by atoms with Crippen LogP contribution in [-0.2, 0) is 4.79 Å². The van der Waals surface area contributed by atoms with Crippen LogP contribution in [0.2, 0.25) is 5.02 Å². The lowest BCUT2D eigenvalue weighted by molar-refractivity contribution is -0.123. The van der Waals surface area contributed by atoms with Crippen molar-refractivity contribution in [1.82, 2.24) is 5.43 Å². The number of ether oxygens (including phenoxy) is 4. The maximum atomic E-state index is 12.4. The van der Waals surface area contributed by atoms with Gasteiger partial charge in [0.1, 0.15) is 11.5 Å². The minimum absolute atomic E-state index is 0.124. The minimum atomic E-state index is -0.537. The van der Waals surface area contributed by atoms with Gasteiger partial charge in [0.2, 0.25) is 6.79 Å². The molecule has 1 amide bonds. The third-order valence-corrected chi connectivity index (χ3v) is 4.52. The number of hydrogen-bond donors (Lipinski definition) is 1. The summed E-state index contributed by atoms with van der Waals surface area (Å²) in [5, 5.41) is 4.47. The summed E-state index contributed by atoms with van der Waals surface area (Å²) in [6.45, 7) is -0.0782. The minimum Gasteiger partial charge on any atom is -0.484 e. The average molecular weight is 453 g/mol. The Kier molecular flexibility index (Phi) is 6.52. The van der Waals surface area contributed by atoms with Crippen molar-refractivity contribution >= 4 is 29.7 Å². The fraction of sp³-hybridized carbons (Fsp3) is 0.0870. The highest BCUT2D eigenvalue weighted by Crippen LogP contribution is 2.32. The SMILES string of the molecule is O=C(COc1ccc(Cl)cc1)N/N=C/c1cccc(OC(=O)c2ccc3c(c2)OCO3)c1. The molecule has 3 aromatic carbocycles. The zero-order valence-electron chi connectivity index (χ0n) is 16.6. The summed E-state index contributed by atoms with van der Waals surface area (Å²) >= 11 is 5.80. The van der Waals surface area contributed by atoms with Crippen LogP contribution in [0.15, 0.2) is 71.8 Å². The van der Waals surface area contributed by atoms with E-state index in [1.54, 1.807) is 66.7 Å². The molecule has 0 bridgehead atoms. The molecule has 0 aliphatic carbocycles. The molecule has 0 unspecified atom stereocenters. The number of carbonyl (C=O) groups is 2. The summed E-state index contributed by atoms with van der Waals surface area (Å²) in [6.07, 6.45) is 1.43. The predicted octanol–water partition coefficient (Wildman–Crippen LogP) is 3.82. The standard InChI is InChI=1S/C23H17ClN2O6/c24-17-5-7-18(8-6-17)29-13-22(27)26-25-12-15-2-1-3-19(10-15)32-23(28)16-4-9-20-21(11-16)31-14-30-20/h1-12H,13-14H2,(H,26,27)/b25-12+. The van der Waals surface area contributed by atoms with Crippen molar-refractivity contribution in [3.63, 3.8) is 0 Å². The summed E-state index contributed by atoms with van der Waals surface area (Å²) in [5.41, 5.74) is 3.33. The molecule has 1 heterocycles. The smallest absolute Gasteiger partial charge is 0.343 e. The second-order valence-electron chi connectivity index (χ2n) is 6.57. The number of nitrogens with zero attached hydrogens (tertiary/aromatic N) is 1. The van der Waals surface area contributed by atoms with E-state index in [1.807, 2.05) is 0 Å². The number of rotatable bonds is 7. The second kappa shape index (κ2) is 9.84. The molecule has 1 aliphatic heterocycles. The van der Waals surface area contributed by atoms with Crippen LogP contribution in [0.25, 0.3) is 0 Å². The number of esters is 1. The van der Waals surface area contributed by atoms with E-state index in [0.717, 1.165) is 0 Å². The summed E-state index contributed by atoms with van der Waals surface area (Å²) in [5.74, 6) is 0.961. The van der Waals surface area contributed by atoms with Gasteiger partial charge in [-0.05, 0) is 60.2 Å². The van der Waals surface area contributed by atoms with Gasteiger partial charge in [-0.2, -0.15) is 5.10 Å². The zero-order valence-corrected chi connectivity index (χ0v) is 17.4. The van der Waals surface area contributed by atoms with E-state index >= 15 is 0 Å². The fourth-order valence-electron chi connectivity index (χ4n) is 2.74. The Bertz CT molecular complexity index is 1160. The van der Waals surface area contributed by atoms with Gasteiger partial charge in [0, 0.05) is 5.02 Å². The number of carbonyl (C=O) groups excluding carboxylic acids is 2. The van der Waals surface area contributed by atoms with E-state index in [2.05, 4.69) is 10.5 Å². The Morgan fingerprint density at radius 3 is 2.66 bits per heavy atom. The molecule has 0 spiro atoms. The number of amides is 1. The van der Waals surface area contributed by atoms with Crippen molar-refractivity contribution in [1.29, 1.82) is 0 Å². The Labute approximate surface area is 188 Å². The fourth-order valence-corrected chi connectivity index (χ4v) is 2.86. The first-order valence-electron chi connectivity index (χ1n) is 9.49. The first-order valence-corrected chi connectivity index (χ1v) is 9.87. The molecule has 9 heteroatoms. The Morgan fingerprint density at radius 2 is 1.81 bits per heavy atom. The molecule has 0 saturated heterocycles. The van der Waals surface area contributed by atoms with Gasteiger partial charge in [-0.25, -0.2) is 10.2 Å². The van der Waals surface area contributed by atoms with Crippen molar-refractivity contribution in [2.24, 2.45) is 5.10 Å². The predicted molar refractivity (Wildman–Crippen MR) is 117 cm³/mol. The summed E-state index contributed by atoms with van der Waals surface area (Å²) in [4.78, 5) is 24.3. The van der Waals surface area contributed by atoms with Crippen LogP contribution in [0, 0.1) is 0 Å². The van der Waals surface area contributed by atoms with Crippen LogP contribution < -0.4 is 24.4 Å². The maximum absolute atomic E-state index is 12.4. The van der Waals surface area contributed by atoms with Gasteiger partial charge >= 0.3 is 5.97 Å². The normalized spacial score (nSPS) is 11.9. The number of nitrogens with one attached hydrogen (secondary N) is 1. The van der Waals surface area contributed by atoms with Crippen molar-refractivity contribution in [2.75, 3.05) is 13.4 Å². The maximum Gasteiger partial charge on any atom is 0.343 e. The zero-order chi connectivity index (χ0) is 22.3. The molecule has 0 radical (unpaired) electrons. The van der Waals surface area contributed by atoms with E-state index in [0.29, 0.717) is 39.1 Å². The van der Waals surface area contributed by atoms with Crippen LogP contribution >= 0.6 is 11.6 Å². The second-order valence-corrected chi connectivity index (χ2v) is 7.00. The third-order valence-electron chi connectivity index (χ3n) is 4.26. The van der Waals surface area contributed by atoms with Gasteiger partial charge in [-0.15, -0.1) is 0 Å². The number of halogens is 1. The molecule has 1 aliphatic rings. The van der Waals surface area contributed by atoms with Crippen molar-refractivity contribution in [2.45, 2.75) is 0 Å². The van der Waals surface area contributed by atoms with E-state index < -0.39 is 11.9 Å². The number of hydrazone groups is 1. The van der Waals surface area contributed by atoms with Gasteiger partial charge in [-0.1, -0.05) is 23.7 Å². The van der Waals surface area contributed by atoms with Crippen LogP contribution in [0.3, 0.4) is 0 Å². The van der Waals surface area contributed by atoms with Crippen molar-refractivity contribution < 1.29 is 28.5 Å². The monoisotopic (exact) mass is 452 g/mol. The molecular formula is C23H17ClN2O6. The van der Waals surface area contributed by atoms with Crippen molar-refractivity contribution in [3.8, 4) is 23.0 Å². The highest BCUT2D eigenvalue weighted by Gasteiger charge is 2.17. The first-order chi connectivity index (χ1) is 15.6. The van der Waals surface area contributed by atoms with Gasteiger partial charge < -0.3 is 18.9 Å². The molecule has 4 rings (SSSR count). The molecule has 1 N–H and O–H groups in total. The van der Waals surface area contributed by atoms with E-state index in [1.165, 1.54) is 6.21 Å². The van der Waals surface area contributed by atoms with Gasteiger partial charge in [-0.3, -0.25) is 4.79 Å². The van der Waals surface area contributed by atoms with Gasteiger partial charge in [0.25, 0.3) is 5.91 Å². The number of benzene rings is 3. The van der Waals surface area contributed by atoms with Gasteiger partial charge in [0.15, 0.2) is 18.1 Å². The number of fused-ring (bicyclic) bond motifs is 1.